The summed E-state index contributed by atoms with van der Waals surface area (Å²) in [5, 5.41) is 6.99. The predicted octanol–water partition coefficient (Wildman–Crippen LogP) is 13.0. The third-order valence-corrected chi connectivity index (χ3v) is 9.74. The fourth-order valence-corrected chi connectivity index (χ4v) is 7.49. The molecule has 0 aliphatic rings. The van der Waals surface area contributed by atoms with Crippen LogP contribution in [0.25, 0.3) is 71.3 Å². The van der Waals surface area contributed by atoms with E-state index >= 15 is 0 Å². The summed E-state index contributed by atoms with van der Waals surface area (Å²) in [4.78, 5) is 2.38. The summed E-state index contributed by atoms with van der Waals surface area (Å²) in [6.07, 6.45) is 0. The standard InChI is InChI=1S/C46H30N2O/c1-3-12-31(13-4-1)32-14-11-17-35(28-32)47(36-23-26-38-33(29-36)22-25-42-41-19-8-10-21-45(41)49-46(38)42)37-24-27-40-39-18-7-9-20-43(39)48(44(40)30-37)34-15-5-2-6-16-34/h1-30H. The number of benzene rings is 8. The predicted molar refractivity (Wildman–Crippen MR) is 206 cm³/mol. The molecule has 0 fully saturated rings. The number of hydrogen-bond donors (Lipinski definition) is 0. The van der Waals surface area contributed by atoms with E-state index in [1.54, 1.807) is 0 Å². The van der Waals surface area contributed by atoms with Gasteiger partial charge in [-0.05, 0) is 89.3 Å². The van der Waals surface area contributed by atoms with E-state index in [4.69, 9.17) is 4.42 Å². The molecule has 2 aromatic heterocycles. The highest BCUT2D eigenvalue weighted by molar-refractivity contribution is 6.15. The van der Waals surface area contributed by atoms with Gasteiger partial charge in [0.2, 0.25) is 0 Å². The van der Waals surface area contributed by atoms with Crippen molar-refractivity contribution in [2.24, 2.45) is 0 Å². The molecular formula is C46H30N2O. The Hall–Kier alpha value is -6.58. The SMILES string of the molecule is c1ccc(-c2cccc(N(c3ccc4c(ccc5c6ccccc6oc45)c3)c3ccc4c5ccccc5n(-c5ccccc5)c4c3)c2)cc1. The Bertz CT molecular complexity index is 2830. The van der Waals surface area contributed by atoms with E-state index in [0.29, 0.717) is 0 Å². The summed E-state index contributed by atoms with van der Waals surface area (Å²) in [5.74, 6) is 0. The maximum Gasteiger partial charge on any atom is 0.143 e. The second-order valence-electron chi connectivity index (χ2n) is 12.6. The smallest absolute Gasteiger partial charge is 0.143 e. The molecule has 230 valence electrons. The Morgan fingerprint density at radius 1 is 0.388 bits per heavy atom. The van der Waals surface area contributed by atoms with Gasteiger partial charge in [-0.15, -0.1) is 0 Å². The van der Waals surface area contributed by atoms with E-state index in [1.807, 2.05) is 12.1 Å². The van der Waals surface area contributed by atoms with Crippen LogP contribution in [0.3, 0.4) is 0 Å². The van der Waals surface area contributed by atoms with Gasteiger partial charge in [-0.3, -0.25) is 0 Å². The lowest BCUT2D eigenvalue weighted by Crippen LogP contribution is -2.10. The van der Waals surface area contributed by atoms with E-state index in [0.717, 1.165) is 55.5 Å². The molecule has 0 saturated carbocycles. The monoisotopic (exact) mass is 626 g/mol. The van der Waals surface area contributed by atoms with E-state index in [2.05, 4.69) is 179 Å². The van der Waals surface area contributed by atoms with Crippen LogP contribution in [0, 0.1) is 0 Å². The maximum atomic E-state index is 6.42. The van der Waals surface area contributed by atoms with Crippen LogP contribution in [0.2, 0.25) is 0 Å². The first-order valence-corrected chi connectivity index (χ1v) is 16.7. The number of fused-ring (bicyclic) bond motifs is 8. The molecule has 3 heteroatoms. The normalized spacial score (nSPS) is 11.7. The van der Waals surface area contributed by atoms with Crippen molar-refractivity contribution in [2.75, 3.05) is 4.90 Å². The number of hydrogen-bond acceptors (Lipinski definition) is 2. The Labute approximate surface area is 283 Å². The average Bonchev–Trinajstić information content (AvgIpc) is 3.71. The largest absolute Gasteiger partial charge is 0.455 e. The van der Waals surface area contributed by atoms with Gasteiger partial charge in [0.1, 0.15) is 11.2 Å². The first-order valence-electron chi connectivity index (χ1n) is 16.7. The molecule has 0 unspecified atom stereocenters. The van der Waals surface area contributed by atoms with Crippen LogP contribution in [0.5, 0.6) is 0 Å². The molecule has 0 spiro atoms. The lowest BCUT2D eigenvalue weighted by molar-refractivity contribution is 0.672. The van der Waals surface area contributed by atoms with E-state index < -0.39 is 0 Å². The van der Waals surface area contributed by atoms with Crippen LogP contribution >= 0.6 is 0 Å². The lowest BCUT2D eigenvalue weighted by Gasteiger charge is -2.27. The third kappa shape index (κ3) is 4.44. The first-order chi connectivity index (χ1) is 24.3. The van der Waals surface area contributed by atoms with Crippen molar-refractivity contribution in [3.05, 3.63) is 182 Å². The van der Waals surface area contributed by atoms with Gasteiger partial charge in [0, 0.05) is 49.7 Å². The maximum absolute atomic E-state index is 6.42. The molecule has 8 aromatic carbocycles. The van der Waals surface area contributed by atoms with Crippen LogP contribution in [0.4, 0.5) is 17.1 Å². The van der Waals surface area contributed by atoms with Crippen LogP contribution in [-0.4, -0.2) is 4.57 Å². The Balaban J connectivity index is 1.21. The van der Waals surface area contributed by atoms with E-state index in [-0.39, 0.29) is 0 Å². The number of nitrogens with zero attached hydrogens (tertiary/aromatic N) is 2. The summed E-state index contributed by atoms with van der Waals surface area (Å²) < 4.78 is 8.80. The second kappa shape index (κ2) is 11.0. The minimum Gasteiger partial charge on any atom is -0.455 e. The highest BCUT2D eigenvalue weighted by Crippen LogP contribution is 2.42. The molecule has 49 heavy (non-hydrogen) atoms. The van der Waals surface area contributed by atoms with Crippen molar-refractivity contribution in [2.45, 2.75) is 0 Å². The molecule has 10 aromatic rings. The minimum absolute atomic E-state index is 0.913. The molecule has 0 radical (unpaired) electrons. The second-order valence-corrected chi connectivity index (χ2v) is 12.6. The van der Waals surface area contributed by atoms with Gasteiger partial charge in [-0.2, -0.15) is 0 Å². The lowest BCUT2D eigenvalue weighted by atomic mass is 10.0. The van der Waals surface area contributed by atoms with Gasteiger partial charge in [0.25, 0.3) is 0 Å². The van der Waals surface area contributed by atoms with E-state index in [9.17, 15) is 0 Å². The molecular weight excluding hydrogens is 597 g/mol. The Morgan fingerprint density at radius 2 is 1.02 bits per heavy atom. The van der Waals surface area contributed by atoms with Crippen LogP contribution in [-0.2, 0) is 0 Å². The van der Waals surface area contributed by atoms with Crippen LogP contribution in [0.1, 0.15) is 0 Å². The van der Waals surface area contributed by atoms with Crippen molar-refractivity contribution in [1.82, 2.24) is 4.57 Å². The summed E-state index contributed by atoms with van der Waals surface area (Å²) in [6, 6.07) is 65.0. The molecule has 0 atom stereocenters. The highest BCUT2D eigenvalue weighted by atomic mass is 16.3. The summed E-state index contributed by atoms with van der Waals surface area (Å²) in [5.41, 5.74) is 11.0. The zero-order valence-electron chi connectivity index (χ0n) is 26.6. The summed E-state index contributed by atoms with van der Waals surface area (Å²) in [7, 11) is 0. The third-order valence-electron chi connectivity index (χ3n) is 9.74. The number of anilines is 3. The quantitative estimate of drug-likeness (QED) is 0.190. The van der Waals surface area contributed by atoms with Gasteiger partial charge < -0.3 is 13.9 Å². The first kappa shape index (κ1) is 27.5. The van der Waals surface area contributed by atoms with Crippen molar-refractivity contribution in [3.8, 4) is 16.8 Å². The number of furan rings is 1. The van der Waals surface area contributed by atoms with Crippen molar-refractivity contribution in [1.29, 1.82) is 0 Å². The molecule has 0 aliphatic heterocycles. The molecule has 0 amide bonds. The molecule has 0 bridgehead atoms. The van der Waals surface area contributed by atoms with Gasteiger partial charge in [0.15, 0.2) is 0 Å². The van der Waals surface area contributed by atoms with Gasteiger partial charge in [-0.1, -0.05) is 109 Å². The van der Waals surface area contributed by atoms with Crippen molar-refractivity contribution >= 4 is 71.6 Å². The minimum atomic E-state index is 0.913. The molecule has 10 rings (SSSR count). The molecule has 0 saturated heterocycles. The fourth-order valence-electron chi connectivity index (χ4n) is 7.49. The molecule has 3 nitrogen and oxygen atoms in total. The highest BCUT2D eigenvalue weighted by Gasteiger charge is 2.19. The molecule has 0 aliphatic carbocycles. The number of rotatable bonds is 5. The number of aromatic nitrogens is 1. The summed E-state index contributed by atoms with van der Waals surface area (Å²) in [6.45, 7) is 0. The zero-order chi connectivity index (χ0) is 32.3. The zero-order valence-corrected chi connectivity index (χ0v) is 26.6. The summed E-state index contributed by atoms with van der Waals surface area (Å²) >= 11 is 0. The van der Waals surface area contributed by atoms with Crippen molar-refractivity contribution in [3.63, 3.8) is 0 Å². The van der Waals surface area contributed by atoms with Crippen molar-refractivity contribution < 1.29 is 4.42 Å². The molecule has 2 heterocycles. The van der Waals surface area contributed by atoms with Gasteiger partial charge >= 0.3 is 0 Å². The van der Waals surface area contributed by atoms with Gasteiger partial charge in [0.05, 0.1) is 11.0 Å². The van der Waals surface area contributed by atoms with E-state index in [1.165, 1.54) is 32.9 Å². The van der Waals surface area contributed by atoms with Crippen LogP contribution in [0.15, 0.2) is 186 Å². The average molecular weight is 627 g/mol. The Kier molecular flexibility index (Phi) is 6.18. The van der Waals surface area contributed by atoms with Gasteiger partial charge in [-0.25, -0.2) is 0 Å². The molecule has 0 N–H and O–H groups in total. The Morgan fingerprint density at radius 3 is 1.88 bits per heavy atom. The topological polar surface area (TPSA) is 21.3 Å². The number of para-hydroxylation sites is 3. The fraction of sp³-hybridized carbons (Fsp3) is 0. The van der Waals surface area contributed by atoms with Crippen LogP contribution < -0.4 is 4.90 Å².